The van der Waals surface area contributed by atoms with Gasteiger partial charge in [-0.2, -0.15) is 0 Å². The van der Waals surface area contributed by atoms with Crippen LogP contribution in [-0.4, -0.2) is 14.8 Å². The maximum Gasteiger partial charge on any atom is 0.147 e. The van der Waals surface area contributed by atoms with Gasteiger partial charge in [-0.15, -0.1) is 21.8 Å². The Bertz CT molecular complexity index is 270. The van der Waals surface area contributed by atoms with E-state index in [-0.39, 0.29) is 0 Å². The van der Waals surface area contributed by atoms with E-state index in [1.54, 1.807) is 0 Å². The lowest BCUT2D eigenvalue weighted by molar-refractivity contribution is 0.631. The van der Waals surface area contributed by atoms with Crippen molar-refractivity contribution in [2.75, 3.05) is 0 Å². The van der Waals surface area contributed by atoms with E-state index in [4.69, 9.17) is 11.6 Å². The van der Waals surface area contributed by atoms with Gasteiger partial charge in [0.25, 0.3) is 0 Å². The highest BCUT2D eigenvalue weighted by atomic mass is 35.5. The summed E-state index contributed by atoms with van der Waals surface area (Å²) in [5.74, 6) is 2.42. The molecule has 0 aliphatic rings. The predicted molar refractivity (Wildman–Crippen MR) is 58.5 cm³/mol. The van der Waals surface area contributed by atoms with E-state index in [2.05, 4.69) is 28.6 Å². The maximum atomic E-state index is 5.76. The molecule has 0 saturated heterocycles. The number of hydrogen-bond donors (Lipinski definition) is 0. The molecule has 80 valence electrons. The van der Waals surface area contributed by atoms with Crippen molar-refractivity contribution in [1.82, 2.24) is 14.8 Å². The molecule has 1 aromatic rings. The molecule has 0 spiro atoms. The average molecular weight is 216 g/mol. The molecule has 14 heavy (non-hydrogen) atoms. The minimum atomic E-state index is 0.453. The van der Waals surface area contributed by atoms with Crippen molar-refractivity contribution < 1.29 is 0 Å². The Balaban J connectivity index is 2.61. The summed E-state index contributed by atoms with van der Waals surface area (Å²) in [7, 11) is 0. The molecular formula is C10H18ClN3. The first-order valence-electron chi connectivity index (χ1n) is 5.30. The van der Waals surface area contributed by atoms with Crippen molar-refractivity contribution in [2.45, 2.75) is 52.0 Å². The van der Waals surface area contributed by atoms with Crippen LogP contribution in [0.2, 0.25) is 0 Å². The van der Waals surface area contributed by atoms with Gasteiger partial charge in [-0.25, -0.2) is 0 Å². The Morgan fingerprint density at radius 1 is 1.14 bits per heavy atom. The topological polar surface area (TPSA) is 30.7 Å². The first-order valence-corrected chi connectivity index (χ1v) is 5.83. The summed E-state index contributed by atoms with van der Waals surface area (Å²) in [6.07, 6.45) is 4.71. The number of halogens is 1. The standard InChI is InChI=1S/C10H18ClN3/c1-3-5-6-7-9-12-13-10(8-11)14(9)4-2/h3-8H2,1-2H3. The zero-order valence-electron chi connectivity index (χ0n) is 8.96. The molecule has 3 nitrogen and oxygen atoms in total. The lowest BCUT2D eigenvalue weighted by Crippen LogP contribution is -2.05. The van der Waals surface area contributed by atoms with Crippen LogP contribution in [0, 0.1) is 0 Å². The number of alkyl halides is 1. The van der Waals surface area contributed by atoms with E-state index in [1.165, 1.54) is 19.3 Å². The van der Waals surface area contributed by atoms with Crippen LogP contribution in [0.25, 0.3) is 0 Å². The normalized spacial score (nSPS) is 10.8. The molecule has 0 fully saturated rings. The Labute approximate surface area is 90.5 Å². The van der Waals surface area contributed by atoms with E-state index >= 15 is 0 Å². The first kappa shape index (κ1) is 11.5. The Morgan fingerprint density at radius 3 is 2.43 bits per heavy atom. The van der Waals surface area contributed by atoms with Gasteiger partial charge in [0.15, 0.2) is 0 Å². The summed E-state index contributed by atoms with van der Waals surface area (Å²) >= 11 is 5.76. The summed E-state index contributed by atoms with van der Waals surface area (Å²) in [4.78, 5) is 0. The highest BCUT2D eigenvalue weighted by molar-refractivity contribution is 6.16. The monoisotopic (exact) mass is 215 g/mol. The molecule has 4 heteroatoms. The van der Waals surface area contributed by atoms with Gasteiger partial charge in [0.05, 0.1) is 5.88 Å². The number of hydrogen-bond acceptors (Lipinski definition) is 2. The molecule has 0 unspecified atom stereocenters. The summed E-state index contributed by atoms with van der Waals surface area (Å²) < 4.78 is 2.11. The molecule has 0 aliphatic heterocycles. The highest BCUT2D eigenvalue weighted by Gasteiger charge is 2.08. The molecule has 0 saturated carbocycles. The molecular weight excluding hydrogens is 198 g/mol. The van der Waals surface area contributed by atoms with Crippen molar-refractivity contribution in [3.8, 4) is 0 Å². The van der Waals surface area contributed by atoms with E-state index in [9.17, 15) is 0 Å². The van der Waals surface area contributed by atoms with Crippen molar-refractivity contribution in [3.63, 3.8) is 0 Å². The Hall–Kier alpha value is -0.570. The molecule has 0 radical (unpaired) electrons. The second kappa shape index (κ2) is 6.02. The largest absolute Gasteiger partial charge is 0.314 e. The third-order valence-electron chi connectivity index (χ3n) is 2.34. The number of aryl methyl sites for hydroxylation is 1. The van der Waals surface area contributed by atoms with Crippen LogP contribution in [0.5, 0.6) is 0 Å². The summed E-state index contributed by atoms with van der Waals surface area (Å²) in [5.41, 5.74) is 0. The molecule has 0 amide bonds. The lowest BCUT2D eigenvalue weighted by Gasteiger charge is -2.04. The smallest absolute Gasteiger partial charge is 0.147 e. The van der Waals surface area contributed by atoms with E-state index in [0.29, 0.717) is 5.88 Å². The van der Waals surface area contributed by atoms with Gasteiger partial charge in [0, 0.05) is 13.0 Å². The number of rotatable bonds is 6. The Morgan fingerprint density at radius 2 is 1.86 bits per heavy atom. The lowest BCUT2D eigenvalue weighted by atomic mass is 10.2. The van der Waals surface area contributed by atoms with Crippen LogP contribution < -0.4 is 0 Å². The van der Waals surface area contributed by atoms with Gasteiger partial charge >= 0.3 is 0 Å². The van der Waals surface area contributed by atoms with Crippen molar-refractivity contribution >= 4 is 11.6 Å². The van der Waals surface area contributed by atoms with Crippen LogP contribution in [0.3, 0.4) is 0 Å². The van der Waals surface area contributed by atoms with E-state index in [0.717, 1.165) is 24.6 Å². The summed E-state index contributed by atoms with van der Waals surface area (Å²) in [5, 5.41) is 8.22. The fourth-order valence-electron chi connectivity index (χ4n) is 1.55. The number of aromatic nitrogens is 3. The van der Waals surface area contributed by atoms with Crippen molar-refractivity contribution in [3.05, 3.63) is 11.6 Å². The van der Waals surface area contributed by atoms with Crippen LogP contribution in [-0.2, 0) is 18.8 Å². The third kappa shape index (κ3) is 2.71. The fourth-order valence-corrected chi connectivity index (χ4v) is 1.75. The minimum absolute atomic E-state index is 0.453. The third-order valence-corrected chi connectivity index (χ3v) is 2.58. The summed E-state index contributed by atoms with van der Waals surface area (Å²) in [6.45, 7) is 5.22. The van der Waals surface area contributed by atoms with Gasteiger partial charge in [0.1, 0.15) is 11.6 Å². The second-order valence-electron chi connectivity index (χ2n) is 3.37. The molecule has 0 atom stereocenters. The molecule has 1 aromatic heterocycles. The molecule has 1 rings (SSSR count). The SMILES string of the molecule is CCCCCc1nnc(CCl)n1CC. The fraction of sp³-hybridized carbons (Fsp3) is 0.800. The average Bonchev–Trinajstić information content (AvgIpc) is 2.60. The van der Waals surface area contributed by atoms with Crippen LogP contribution in [0.4, 0.5) is 0 Å². The van der Waals surface area contributed by atoms with Crippen LogP contribution in [0.15, 0.2) is 0 Å². The van der Waals surface area contributed by atoms with Gasteiger partial charge in [-0.1, -0.05) is 19.8 Å². The van der Waals surface area contributed by atoms with Crippen molar-refractivity contribution in [2.24, 2.45) is 0 Å². The highest BCUT2D eigenvalue weighted by Crippen LogP contribution is 2.08. The molecule has 1 heterocycles. The van der Waals surface area contributed by atoms with E-state index < -0.39 is 0 Å². The zero-order valence-corrected chi connectivity index (χ0v) is 9.72. The zero-order chi connectivity index (χ0) is 10.4. The van der Waals surface area contributed by atoms with Crippen LogP contribution >= 0.6 is 11.6 Å². The van der Waals surface area contributed by atoms with Crippen LogP contribution in [0.1, 0.15) is 44.8 Å². The number of unbranched alkanes of at least 4 members (excludes halogenated alkanes) is 2. The minimum Gasteiger partial charge on any atom is -0.314 e. The molecule has 0 aliphatic carbocycles. The molecule has 0 bridgehead atoms. The molecule has 0 N–H and O–H groups in total. The quantitative estimate of drug-likeness (QED) is 0.540. The first-order chi connectivity index (χ1) is 6.83. The van der Waals surface area contributed by atoms with Crippen molar-refractivity contribution in [1.29, 1.82) is 0 Å². The van der Waals surface area contributed by atoms with Gasteiger partial charge in [0.2, 0.25) is 0 Å². The van der Waals surface area contributed by atoms with Gasteiger partial charge < -0.3 is 4.57 Å². The van der Waals surface area contributed by atoms with Gasteiger partial charge in [-0.3, -0.25) is 0 Å². The predicted octanol–water partition coefficient (Wildman–Crippen LogP) is 2.77. The second-order valence-corrected chi connectivity index (χ2v) is 3.63. The summed E-state index contributed by atoms with van der Waals surface area (Å²) in [6, 6.07) is 0. The number of nitrogens with zero attached hydrogens (tertiary/aromatic N) is 3. The van der Waals surface area contributed by atoms with E-state index in [1.807, 2.05) is 0 Å². The maximum absolute atomic E-state index is 5.76. The Kier molecular flexibility index (Phi) is 4.94. The molecule has 0 aromatic carbocycles. The van der Waals surface area contributed by atoms with Gasteiger partial charge in [-0.05, 0) is 13.3 Å².